The SMILES string of the molecule is C=CCNc1nc2c(NCc3ccco3)ncnc2n1C1CCCCO1. The maximum Gasteiger partial charge on any atom is 0.207 e. The van der Waals surface area contributed by atoms with Crippen molar-refractivity contribution in [2.45, 2.75) is 32.0 Å². The molecule has 3 aromatic rings. The summed E-state index contributed by atoms with van der Waals surface area (Å²) in [5.74, 6) is 2.22. The third-order valence-corrected chi connectivity index (χ3v) is 4.34. The lowest BCUT2D eigenvalue weighted by molar-refractivity contribution is -0.0285. The lowest BCUT2D eigenvalue weighted by atomic mass is 10.2. The summed E-state index contributed by atoms with van der Waals surface area (Å²) in [6.07, 6.45) is 8.07. The van der Waals surface area contributed by atoms with Gasteiger partial charge in [0, 0.05) is 13.2 Å². The predicted molar refractivity (Wildman–Crippen MR) is 98.9 cm³/mol. The molecule has 4 heterocycles. The largest absolute Gasteiger partial charge is 0.467 e. The van der Waals surface area contributed by atoms with Crippen LogP contribution in [0.25, 0.3) is 11.2 Å². The van der Waals surface area contributed by atoms with Gasteiger partial charge in [0.2, 0.25) is 5.95 Å². The zero-order valence-electron chi connectivity index (χ0n) is 14.5. The van der Waals surface area contributed by atoms with E-state index in [0.29, 0.717) is 30.4 Å². The lowest BCUT2D eigenvalue weighted by Gasteiger charge is -2.25. The normalized spacial score (nSPS) is 17.3. The molecule has 0 amide bonds. The standard InChI is InChI=1S/C18H22N6O2/c1-2-8-19-18-23-15-16(20-11-13-6-5-10-25-13)21-12-22-17(15)24(18)14-7-3-4-9-26-14/h2,5-6,10,12,14H,1,3-4,7-9,11H2,(H,19,23)(H,20,21,22). The maximum atomic E-state index is 5.97. The van der Waals surface area contributed by atoms with Gasteiger partial charge in [-0.05, 0) is 31.4 Å². The first-order chi connectivity index (χ1) is 12.9. The number of nitrogens with one attached hydrogen (secondary N) is 2. The Bertz CT molecular complexity index is 867. The fourth-order valence-electron chi connectivity index (χ4n) is 3.11. The first-order valence-electron chi connectivity index (χ1n) is 8.82. The number of nitrogens with zero attached hydrogens (tertiary/aromatic N) is 4. The monoisotopic (exact) mass is 354 g/mol. The first kappa shape index (κ1) is 16.6. The molecule has 2 N–H and O–H groups in total. The van der Waals surface area contributed by atoms with Gasteiger partial charge in [-0.2, -0.15) is 0 Å². The number of ether oxygens (including phenoxy) is 1. The Morgan fingerprint density at radius 3 is 3.04 bits per heavy atom. The molecule has 1 saturated heterocycles. The van der Waals surface area contributed by atoms with Crippen LogP contribution in [0.1, 0.15) is 31.3 Å². The Morgan fingerprint density at radius 1 is 1.31 bits per heavy atom. The third kappa shape index (κ3) is 3.28. The van der Waals surface area contributed by atoms with E-state index < -0.39 is 0 Å². The van der Waals surface area contributed by atoms with E-state index in [1.165, 1.54) is 0 Å². The number of hydrogen-bond donors (Lipinski definition) is 2. The Labute approximate surface area is 151 Å². The van der Waals surface area contributed by atoms with Crippen LogP contribution in [0.4, 0.5) is 11.8 Å². The predicted octanol–water partition coefficient (Wildman–Crippen LogP) is 3.33. The smallest absolute Gasteiger partial charge is 0.207 e. The molecule has 0 radical (unpaired) electrons. The lowest BCUT2D eigenvalue weighted by Crippen LogP contribution is -2.20. The van der Waals surface area contributed by atoms with Crippen LogP contribution >= 0.6 is 0 Å². The van der Waals surface area contributed by atoms with Gasteiger partial charge in [-0.25, -0.2) is 15.0 Å². The van der Waals surface area contributed by atoms with E-state index in [9.17, 15) is 0 Å². The number of anilines is 2. The van der Waals surface area contributed by atoms with Crippen molar-refractivity contribution in [1.29, 1.82) is 0 Å². The molecule has 1 aliphatic rings. The minimum atomic E-state index is -0.0751. The number of furan rings is 1. The summed E-state index contributed by atoms with van der Waals surface area (Å²) in [5, 5.41) is 6.57. The van der Waals surface area contributed by atoms with E-state index in [0.717, 1.165) is 37.3 Å². The molecular formula is C18H22N6O2. The second kappa shape index (κ2) is 7.57. The van der Waals surface area contributed by atoms with Crippen molar-refractivity contribution in [2.24, 2.45) is 0 Å². The van der Waals surface area contributed by atoms with Gasteiger partial charge in [0.15, 0.2) is 17.0 Å². The highest BCUT2D eigenvalue weighted by Gasteiger charge is 2.24. The van der Waals surface area contributed by atoms with Gasteiger partial charge in [-0.15, -0.1) is 6.58 Å². The molecule has 0 saturated carbocycles. The molecule has 1 fully saturated rings. The minimum Gasteiger partial charge on any atom is -0.467 e. The molecule has 3 aromatic heterocycles. The molecule has 0 spiro atoms. The van der Waals surface area contributed by atoms with Gasteiger partial charge in [-0.3, -0.25) is 4.57 Å². The zero-order valence-corrected chi connectivity index (χ0v) is 14.5. The summed E-state index contributed by atoms with van der Waals surface area (Å²) >= 11 is 0. The van der Waals surface area contributed by atoms with Crippen molar-refractivity contribution in [3.05, 3.63) is 43.1 Å². The highest BCUT2D eigenvalue weighted by atomic mass is 16.5. The van der Waals surface area contributed by atoms with Crippen LogP contribution in [0, 0.1) is 0 Å². The Kier molecular flexibility index (Phi) is 4.83. The summed E-state index contributed by atoms with van der Waals surface area (Å²) in [7, 11) is 0. The molecule has 1 atom stereocenters. The van der Waals surface area contributed by atoms with Crippen molar-refractivity contribution in [3.8, 4) is 0 Å². The van der Waals surface area contributed by atoms with Crippen LogP contribution < -0.4 is 10.6 Å². The average molecular weight is 354 g/mol. The van der Waals surface area contributed by atoms with Gasteiger partial charge >= 0.3 is 0 Å². The van der Waals surface area contributed by atoms with Crippen molar-refractivity contribution >= 4 is 22.9 Å². The summed E-state index contributed by atoms with van der Waals surface area (Å²) < 4.78 is 13.4. The molecule has 4 rings (SSSR count). The van der Waals surface area contributed by atoms with Gasteiger partial charge < -0.3 is 19.8 Å². The number of hydrogen-bond acceptors (Lipinski definition) is 7. The Balaban J connectivity index is 1.70. The van der Waals surface area contributed by atoms with Crippen LogP contribution in [-0.2, 0) is 11.3 Å². The minimum absolute atomic E-state index is 0.0751. The van der Waals surface area contributed by atoms with Gasteiger partial charge in [0.25, 0.3) is 0 Å². The molecule has 1 unspecified atom stereocenters. The molecule has 0 bridgehead atoms. The molecule has 26 heavy (non-hydrogen) atoms. The quantitative estimate of drug-likeness (QED) is 0.629. The molecule has 136 valence electrons. The van der Waals surface area contributed by atoms with Gasteiger partial charge in [-0.1, -0.05) is 6.08 Å². The van der Waals surface area contributed by atoms with Crippen molar-refractivity contribution in [1.82, 2.24) is 19.5 Å². The topological polar surface area (TPSA) is 90.0 Å². The van der Waals surface area contributed by atoms with Crippen LogP contribution in [0.5, 0.6) is 0 Å². The van der Waals surface area contributed by atoms with E-state index in [-0.39, 0.29) is 6.23 Å². The summed E-state index contributed by atoms with van der Waals surface area (Å²) in [5.41, 5.74) is 1.46. The number of imidazole rings is 1. The molecule has 8 heteroatoms. The van der Waals surface area contributed by atoms with Crippen LogP contribution in [0.15, 0.2) is 41.8 Å². The highest BCUT2D eigenvalue weighted by molar-refractivity contribution is 5.85. The number of rotatable bonds is 7. The van der Waals surface area contributed by atoms with Crippen LogP contribution in [0.3, 0.4) is 0 Å². The van der Waals surface area contributed by atoms with E-state index in [1.807, 2.05) is 16.7 Å². The maximum absolute atomic E-state index is 5.97. The first-order valence-corrected chi connectivity index (χ1v) is 8.82. The Hall–Kier alpha value is -2.87. The van der Waals surface area contributed by atoms with E-state index in [4.69, 9.17) is 14.1 Å². The van der Waals surface area contributed by atoms with E-state index in [1.54, 1.807) is 18.7 Å². The van der Waals surface area contributed by atoms with Crippen LogP contribution in [0.2, 0.25) is 0 Å². The summed E-state index contributed by atoms with van der Waals surface area (Å²) in [6, 6.07) is 3.77. The fourth-order valence-corrected chi connectivity index (χ4v) is 3.11. The van der Waals surface area contributed by atoms with Crippen molar-refractivity contribution in [3.63, 3.8) is 0 Å². The Morgan fingerprint density at radius 2 is 2.27 bits per heavy atom. The second-order valence-electron chi connectivity index (χ2n) is 6.12. The average Bonchev–Trinajstić information content (AvgIpc) is 3.33. The third-order valence-electron chi connectivity index (χ3n) is 4.34. The van der Waals surface area contributed by atoms with Crippen molar-refractivity contribution in [2.75, 3.05) is 23.8 Å². The fraction of sp³-hybridized carbons (Fsp3) is 0.389. The molecule has 0 aliphatic carbocycles. The summed E-state index contributed by atoms with van der Waals surface area (Å²) in [4.78, 5) is 13.6. The van der Waals surface area contributed by atoms with E-state index in [2.05, 4.69) is 27.2 Å². The molecular weight excluding hydrogens is 332 g/mol. The second-order valence-corrected chi connectivity index (χ2v) is 6.12. The van der Waals surface area contributed by atoms with Gasteiger partial charge in [0.1, 0.15) is 18.3 Å². The van der Waals surface area contributed by atoms with E-state index >= 15 is 0 Å². The van der Waals surface area contributed by atoms with Gasteiger partial charge in [0.05, 0.1) is 12.8 Å². The molecule has 1 aliphatic heterocycles. The van der Waals surface area contributed by atoms with Crippen LogP contribution in [-0.4, -0.2) is 32.7 Å². The molecule has 8 nitrogen and oxygen atoms in total. The zero-order chi connectivity index (χ0) is 17.8. The highest BCUT2D eigenvalue weighted by Crippen LogP contribution is 2.31. The molecule has 0 aromatic carbocycles. The number of aromatic nitrogens is 4. The number of fused-ring (bicyclic) bond motifs is 1. The summed E-state index contributed by atoms with van der Waals surface area (Å²) in [6.45, 7) is 5.65. The van der Waals surface area contributed by atoms with Crippen molar-refractivity contribution < 1.29 is 9.15 Å².